The van der Waals surface area contributed by atoms with E-state index in [-0.39, 0.29) is 17.2 Å². The van der Waals surface area contributed by atoms with Gasteiger partial charge in [0.25, 0.3) is 5.56 Å². The minimum atomic E-state index is -0.105. The molecule has 0 unspecified atom stereocenters. The van der Waals surface area contributed by atoms with Crippen molar-refractivity contribution >= 4 is 44.9 Å². The highest BCUT2D eigenvalue weighted by atomic mass is 32.2. The zero-order valence-electron chi connectivity index (χ0n) is 18.3. The molecule has 0 aliphatic carbocycles. The maximum Gasteiger partial charge on any atom is 0.272 e. The molecular formula is C25H25N3O2S2. The number of carbonyl (C=O) groups is 1. The molecule has 1 N–H and O–H groups in total. The molecule has 4 rings (SSSR count). The largest absolute Gasteiger partial charge is 0.325 e. The van der Waals surface area contributed by atoms with Crippen molar-refractivity contribution in [2.75, 3.05) is 11.1 Å². The third-order valence-electron chi connectivity index (χ3n) is 5.31. The zero-order valence-corrected chi connectivity index (χ0v) is 20.0. The second-order valence-electron chi connectivity index (χ2n) is 7.43. The molecule has 0 radical (unpaired) electrons. The van der Waals surface area contributed by atoms with Crippen molar-refractivity contribution in [2.45, 2.75) is 38.9 Å². The van der Waals surface area contributed by atoms with Gasteiger partial charge in [-0.1, -0.05) is 67.2 Å². The Kier molecular flexibility index (Phi) is 6.77. The molecule has 0 spiro atoms. The predicted molar refractivity (Wildman–Crippen MR) is 135 cm³/mol. The number of benzene rings is 2. The van der Waals surface area contributed by atoms with Gasteiger partial charge in [-0.05, 0) is 43.0 Å². The summed E-state index contributed by atoms with van der Waals surface area (Å²) in [5, 5.41) is 3.61. The normalized spacial score (nSPS) is 11.1. The van der Waals surface area contributed by atoms with Crippen LogP contribution in [-0.2, 0) is 17.8 Å². The summed E-state index contributed by atoms with van der Waals surface area (Å²) in [5.74, 6) is 0.0803. The summed E-state index contributed by atoms with van der Waals surface area (Å²) in [6.07, 6.45) is 0.847. The number of hydrogen-bond donors (Lipinski definition) is 1. The van der Waals surface area contributed by atoms with Crippen molar-refractivity contribution in [3.63, 3.8) is 0 Å². The van der Waals surface area contributed by atoms with E-state index in [9.17, 15) is 9.59 Å². The predicted octanol–water partition coefficient (Wildman–Crippen LogP) is 5.75. The van der Waals surface area contributed by atoms with Gasteiger partial charge in [-0.3, -0.25) is 14.2 Å². The first kappa shape index (κ1) is 22.3. The van der Waals surface area contributed by atoms with E-state index in [4.69, 9.17) is 4.98 Å². The number of fused-ring (bicyclic) bond motifs is 1. The van der Waals surface area contributed by atoms with E-state index in [0.29, 0.717) is 21.9 Å². The summed E-state index contributed by atoms with van der Waals surface area (Å²) in [5.41, 5.74) is 4.72. The third kappa shape index (κ3) is 4.49. The minimum Gasteiger partial charge on any atom is -0.325 e. The Labute approximate surface area is 195 Å². The maximum absolute atomic E-state index is 13.1. The average Bonchev–Trinajstić information content (AvgIpc) is 3.24. The number of aromatic nitrogens is 2. The van der Waals surface area contributed by atoms with Crippen LogP contribution in [0.5, 0.6) is 0 Å². The van der Waals surface area contributed by atoms with E-state index in [1.165, 1.54) is 23.1 Å². The highest BCUT2D eigenvalue weighted by Gasteiger charge is 2.16. The molecule has 2 aromatic heterocycles. The number of carbonyl (C=O) groups excluding carboxylic acids is 1. The number of anilines is 1. The molecule has 0 aliphatic rings. The topological polar surface area (TPSA) is 64.0 Å². The molecule has 32 heavy (non-hydrogen) atoms. The Morgan fingerprint density at radius 1 is 1.12 bits per heavy atom. The zero-order chi connectivity index (χ0) is 22.7. The summed E-state index contributed by atoms with van der Waals surface area (Å²) in [6, 6.07) is 18.0. The van der Waals surface area contributed by atoms with E-state index >= 15 is 0 Å². The molecule has 1 amide bonds. The van der Waals surface area contributed by atoms with Gasteiger partial charge in [0.15, 0.2) is 5.16 Å². The lowest BCUT2D eigenvalue weighted by Crippen LogP contribution is -2.23. The van der Waals surface area contributed by atoms with E-state index in [1.807, 2.05) is 68.4 Å². The summed E-state index contributed by atoms with van der Waals surface area (Å²) >= 11 is 2.76. The molecule has 0 fully saturated rings. The fourth-order valence-electron chi connectivity index (χ4n) is 3.63. The molecule has 5 nitrogen and oxygen atoms in total. The Balaban J connectivity index is 1.59. The first-order valence-electron chi connectivity index (χ1n) is 10.6. The summed E-state index contributed by atoms with van der Waals surface area (Å²) in [7, 11) is 0. The summed E-state index contributed by atoms with van der Waals surface area (Å²) in [4.78, 5) is 31.6. The quantitative estimate of drug-likeness (QED) is 0.280. The number of hydrogen-bond acceptors (Lipinski definition) is 5. The van der Waals surface area contributed by atoms with Crippen molar-refractivity contribution < 1.29 is 4.79 Å². The Morgan fingerprint density at radius 2 is 1.91 bits per heavy atom. The first-order valence-corrected chi connectivity index (χ1v) is 12.4. The molecule has 0 saturated heterocycles. The Bertz CT molecular complexity index is 1330. The Morgan fingerprint density at radius 3 is 2.62 bits per heavy atom. The van der Waals surface area contributed by atoms with Gasteiger partial charge >= 0.3 is 0 Å². The van der Waals surface area contributed by atoms with Crippen molar-refractivity contribution in [3.05, 3.63) is 76.1 Å². The number of para-hydroxylation sites is 1. The van der Waals surface area contributed by atoms with Crippen LogP contribution < -0.4 is 10.9 Å². The van der Waals surface area contributed by atoms with Crippen LogP contribution in [0.25, 0.3) is 20.7 Å². The van der Waals surface area contributed by atoms with Gasteiger partial charge in [-0.2, -0.15) is 0 Å². The SMILES string of the molecule is CCc1cccc(C)c1NC(=O)CSc1nc2cc(-c3ccccc3)sc2c(=O)n1CC. The second kappa shape index (κ2) is 9.71. The van der Waals surface area contributed by atoms with E-state index in [0.717, 1.165) is 33.7 Å². The Hall–Kier alpha value is -2.90. The average molecular weight is 464 g/mol. The molecule has 0 atom stereocenters. The van der Waals surface area contributed by atoms with Crippen LogP contribution in [0.15, 0.2) is 64.5 Å². The molecule has 164 valence electrons. The molecule has 2 aromatic carbocycles. The first-order chi connectivity index (χ1) is 15.5. The van der Waals surface area contributed by atoms with E-state index in [2.05, 4.69) is 12.2 Å². The van der Waals surface area contributed by atoms with Crippen molar-refractivity contribution in [3.8, 4) is 10.4 Å². The molecular weight excluding hydrogens is 438 g/mol. The van der Waals surface area contributed by atoms with Crippen molar-refractivity contribution in [1.29, 1.82) is 0 Å². The monoisotopic (exact) mass is 463 g/mol. The lowest BCUT2D eigenvalue weighted by atomic mass is 10.1. The molecule has 4 aromatic rings. The van der Waals surface area contributed by atoms with E-state index in [1.54, 1.807) is 4.57 Å². The number of rotatable bonds is 7. The van der Waals surface area contributed by atoms with Crippen molar-refractivity contribution in [1.82, 2.24) is 9.55 Å². The van der Waals surface area contributed by atoms with Gasteiger partial charge in [0.2, 0.25) is 5.91 Å². The number of amides is 1. The molecule has 0 aliphatic heterocycles. The van der Waals surface area contributed by atoms with Crippen LogP contribution in [0.4, 0.5) is 5.69 Å². The van der Waals surface area contributed by atoms with Gasteiger partial charge in [0, 0.05) is 17.1 Å². The third-order valence-corrected chi connectivity index (χ3v) is 7.45. The number of thiophene rings is 1. The number of aryl methyl sites for hydroxylation is 2. The molecule has 2 heterocycles. The molecule has 7 heteroatoms. The minimum absolute atomic E-state index is 0.0558. The van der Waals surface area contributed by atoms with Crippen molar-refractivity contribution in [2.24, 2.45) is 0 Å². The standard InChI is InChI=1S/C25H25N3O2S2/c1-4-17-13-9-10-16(3)22(17)27-21(29)15-31-25-26-19-14-20(18-11-7-6-8-12-18)32-23(19)24(30)28(25)5-2/h6-14H,4-5,15H2,1-3H3,(H,27,29). The second-order valence-corrected chi connectivity index (χ2v) is 9.43. The number of thioether (sulfide) groups is 1. The summed E-state index contributed by atoms with van der Waals surface area (Å²) in [6.45, 7) is 6.49. The maximum atomic E-state index is 13.1. The van der Waals surface area contributed by atoms with E-state index < -0.39 is 0 Å². The fraction of sp³-hybridized carbons (Fsp3) is 0.240. The van der Waals surface area contributed by atoms with Crippen LogP contribution in [-0.4, -0.2) is 21.2 Å². The summed E-state index contributed by atoms with van der Waals surface area (Å²) < 4.78 is 2.29. The van der Waals surface area contributed by atoms with Gasteiger partial charge in [0.1, 0.15) is 4.70 Å². The van der Waals surface area contributed by atoms with Crippen LogP contribution in [0.3, 0.4) is 0 Å². The van der Waals surface area contributed by atoms with Crippen LogP contribution in [0, 0.1) is 6.92 Å². The number of nitrogens with zero attached hydrogens (tertiary/aromatic N) is 2. The van der Waals surface area contributed by atoms with Crippen LogP contribution in [0.1, 0.15) is 25.0 Å². The van der Waals surface area contributed by atoms with Crippen LogP contribution in [0.2, 0.25) is 0 Å². The van der Waals surface area contributed by atoms with Gasteiger partial charge < -0.3 is 5.32 Å². The highest BCUT2D eigenvalue weighted by Crippen LogP contribution is 2.32. The van der Waals surface area contributed by atoms with Gasteiger partial charge in [0.05, 0.1) is 11.3 Å². The lowest BCUT2D eigenvalue weighted by Gasteiger charge is -2.13. The van der Waals surface area contributed by atoms with Gasteiger partial charge in [-0.25, -0.2) is 4.98 Å². The fourth-order valence-corrected chi connectivity index (χ4v) is 5.55. The smallest absolute Gasteiger partial charge is 0.272 e. The van der Waals surface area contributed by atoms with Crippen LogP contribution >= 0.6 is 23.1 Å². The lowest BCUT2D eigenvalue weighted by molar-refractivity contribution is -0.113. The highest BCUT2D eigenvalue weighted by molar-refractivity contribution is 7.99. The molecule has 0 saturated carbocycles. The molecule has 0 bridgehead atoms. The van der Waals surface area contributed by atoms with Gasteiger partial charge in [-0.15, -0.1) is 11.3 Å². The number of nitrogens with one attached hydrogen (secondary N) is 1.